The number of carbonyl (C=O) groups is 2. The molecular weight excluding hydrogens is 336 g/mol. The van der Waals surface area contributed by atoms with Gasteiger partial charge < -0.3 is 4.74 Å². The molecule has 0 saturated heterocycles. The largest absolute Gasteiger partial charge is 0.483 e. The van der Waals surface area contributed by atoms with Gasteiger partial charge in [-0.3, -0.25) is 20.4 Å². The van der Waals surface area contributed by atoms with Crippen molar-refractivity contribution in [3.8, 4) is 5.75 Å². The average Bonchev–Trinajstić information content (AvgIpc) is 2.64. The van der Waals surface area contributed by atoms with Gasteiger partial charge in [-0.2, -0.15) is 0 Å². The predicted octanol–water partition coefficient (Wildman–Crippen LogP) is 2.88. The molecule has 0 unspecified atom stereocenters. The van der Waals surface area contributed by atoms with E-state index in [4.69, 9.17) is 4.74 Å². The highest BCUT2D eigenvalue weighted by molar-refractivity contribution is 8.00. The summed E-state index contributed by atoms with van der Waals surface area (Å²) >= 11 is 1.41. The molecule has 5 nitrogen and oxygen atoms in total. The molecule has 0 aliphatic heterocycles. The monoisotopic (exact) mass is 358 g/mol. The Hall–Kier alpha value is -2.47. The van der Waals surface area contributed by atoms with Crippen LogP contribution in [0.15, 0.2) is 53.4 Å². The molecule has 2 rings (SSSR count). The van der Waals surface area contributed by atoms with Gasteiger partial charge in [0.2, 0.25) is 5.91 Å². The average molecular weight is 358 g/mol. The molecule has 2 N–H and O–H groups in total. The zero-order valence-corrected chi connectivity index (χ0v) is 15.2. The third-order valence-electron chi connectivity index (χ3n) is 3.44. The Morgan fingerprint density at radius 3 is 2.40 bits per heavy atom. The molecular formula is C19H22N2O3S. The molecule has 0 heterocycles. The lowest BCUT2D eigenvalue weighted by atomic mass is 10.1. The first-order chi connectivity index (χ1) is 12.1. The Kier molecular flexibility index (Phi) is 7.35. The van der Waals surface area contributed by atoms with Crippen LogP contribution in [0.3, 0.4) is 0 Å². The van der Waals surface area contributed by atoms with Crippen LogP contribution >= 0.6 is 11.8 Å². The smallest absolute Gasteiger partial charge is 0.276 e. The van der Waals surface area contributed by atoms with Gasteiger partial charge in [0, 0.05) is 4.90 Å². The van der Waals surface area contributed by atoms with Crippen molar-refractivity contribution < 1.29 is 14.3 Å². The minimum absolute atomic E-state index is 0.150. The maximum Gasteiger partial charge on any atom is 0.276 e. The number of hydrazine groups is 1. The van der Waals surface area contributed by atoms with Crippen molar-refractivity contribution >= 4 is 23.6 Å². The van der Waals surface area contributed by atoms with Crippen LogP contribution in [0.2, 0.25) is 0 Å². The summed E-state index contributed by atoms with van der Waals surface area (Å²) in [5.74, 6) is 0.233. The number of ether oxygens (including phenoxy) is 1. The number of benzene rings is 2. The van der Waals surface area contributed by atoms with Crippen LogP contribution < -0.4 is 15.6 Å². The van der Waals surface area contributed by atoms with E-state index in [9.17, 15) is 9.59 Å². The SMILES string of the molecule is CCc1ccccc1OCC(=O)NNC(=O)CSc1ccc(C)cc1. The first kappa shape index (κ1) is 18.9. The lowest BCUT2D eigenvalue weighted by molar-refractivity contribution is -0.128. The predicted molar refractivity (Wildman–Crippen MR) is 99.5 cm³/mol. The second-order valence-corrected chi connectivity index (χ2v) is 6.50. The number of hydrogen-bond acceptors (Lipinski definition) is 4. The molecule has 0 fully saturated rings. The fraction of sp³-hybridized carbons (Fsp3) is 0.263. The van der Waals surface area contributed by atoms with Gasteiger partial charge in [0.15, 0.2) is 6.61 Å². The number of rotatable bonds is 7. The summed E-state index contributed by atoms with van der Waals surface area (Å²) in [4.78, 5) is 24.6. The normalized spacial score (nSPS) is 10.2. The molecule has 6 heteroatoms. The fourth-order valence-electron chi connectivity index (χ4n) is 2.07. The Bertz CT molecular complexity index is 717. The minimum Gasteiger partial charge on any atom is -0.483 e. The standard InChI is InChI=1S/C19H22N2O3S/c1-3-15-6-4-5-7-17(15)24-12-18(22)20-21-19(23)13-25-16-10-8-14(2)9-11-16/h4-11H,3,12-13H2,1-2H3,(H,20,22)(H,21,23). The summed E-state index contributed by atoms with van der Waals surface area (Å²) < 4.78 is 5.49. The van der Waals surface area contributed by atoms with E-state index in [2.05, 4.69) is 10.9 Å². The zero-order valence-electron chi connectivity index (χ0n) is 14.4. The quantitative estimate of drug-likeness (QED) is 0.590. The molecule has 0 aromatic heterocycles. The molecule has 0 saturated carbocycles. The van der Waals surface area contributed by atoms with Gasteiger partial charge in [-0.05, 0) is 37.1 Å². The Labute approximate surface area is 152 Å². The number of aryl methyl sites for hydroxylation is 2. The zero-order chi connectivity index (χ0) is 18.1. The molecule has 0 radical (unpaired) electrons. The van der Waals surface area contributed by atoms with Gasteiger partial charge in [-0.25, -0.2) is 0 Å². The van der Waals surface area contributed by atoms with Crippen LogP contribution in [0.25, 0.3) is 0 Å². The summed E-state index contributed by atoms with van der Waals surface area (Å²) in [7, 11) is 0. The Morgan fingerprint density at radius 2 is 1.68 bits per heavy atom. The summed E-state index contributed by atoms with van der Waals surface area (Å²) in [5, 5.41) is 0. The van der Waals surface area contributed by atoms with Crippen molar-refractivity contribution in [2.75, 3.05) is 12.4 Å². The lowest BCUT2D eigenvalue weighted by Gasteiger charge is -2.11. The highest BCUT2D eigenvalue weighted by Gasteiger charge is 2.08. The van der Waals surface area contributed by atoms with E-state index in [0.717, 1.165) is 16.9 Å². The van der Waals surface area contributed by atoms with Gasteiger partial charge in [0.25, 0.3) is 5.91 Å². The van der Waals surface area contributed by atoms with Crippen LogP contribution in [0, 0.1) is 6.92 Å². The highest BCUT2D eigenvalue weighted by Crippen LogP contribution is 2.18. The van der Waals surface area contributed by atoms with Crippen molar-refractivity contribution in [2.24, 2.45) is 0 Å². The number of nitrogens with one attached hydrogen (secondary N) is 2. The van der Waals surface area contributed by atoms with Gasteiger partial charge in [0.1, 0.15) is 5.75 Å². The summed E-state index contributed by atoms with van der Waals surface area (Å²) in [6, 6.07) is 15.5. The number of hydrogen-bond donors (Lipinski definition) is 2. The van der Waals surface area contributed by atoms with E-state index in [1.165, 1.54) is 17.3 Å². The molecule has 0 spiro atoms. The molecule has 2 aromatic rings. The first-order valence-electron chi connectivity index (χ1n) is 8.06. The van der Waals surface area contributed by atoms with E-state index >= 15 is 0 Å². The van der Waals surface area contributed by atoms with Crippen LogP contribution in [0.4, 0.5) is 0 Å². The third kappa shape index (κ3) is 6.51. The van der Waals surface area contributed by atoms with E-state index < -0.39 is 5.91 Å². The maximum atomic E-state index is 11.8. The van der Waals surface area contributed by atoms with Crippen molar-refractivity contribution in [2.45, 2.75) is 25.2 Å². The van der Waals surface area contributed by atoms with Gasteiger partial charge in [0.05, 0.1) is 5.75 Å². The minimum atomic E-state index is -0.403. The summed E-state index contributed by atoms with van der Waals surface area (Å²) in [6.07, 6.45) is 0.824. The number of para-hydroxylation sites is 1. The molecule has 2 aromatic carbocycles. The first-order valence-corrected chi connectivity index (χ1v) is 9.05. The molecule has 25 heavy (non-hydrogen) atoms. The molecule has 0 atom stereocenters. The van der Waals surface area contributed by atoms with E-state index in [-0.39, 0.29) is 18.3 Å². The molecule has 0 bridgehead atoms. The van der Waals surface area contributed by atoms with Crippen molar-refractivity contribution in [3.63, 3.8) is 0 Å². The van der Waals surface area contributed by atoms with Crippen LogP contribution in [0.1, 0.15) is 18.1 Å². The van der Waals surface area contributed by atoms with E-state index in [1.54, 1.807) is 0 Å². The van der Waals surface area contributed by atoms with Gasteiger partial charge >= 0.3 is 0 Å². The van der Waals surface area contributed by atoms with Crippen molar-refractivity contribution in [3.05, 3.63) is 59.7 Å². The maximum absolute atomic E-state index is 11.8. The molecule has 0 aliphatic carbocycles. The molecule has 132 valence electrons. The third-order valence-corrected chi connectivity index (χ3v) is 4.46. The number of thioether (sulfide) groups is 1. The number of carbonyl (C=O) groups excluding carboxylic acids is 2. The fourth-order valence-corrected chi connectivity index (χ4v) is 2.77. The van der Waals surface area contributed by atoms with Crippen LogP contribution in [-0.2, 0) is 16.0 Å². The highest BCUT2D eigenvalue weighted by atomic mass is 32.2. The summed E-state index contributed by atoms with van der Waals surface area (Å²) in [6.45, 7) is 3.88. The molecule has 0 aliphatic rings. The number of amides is 2. The second kappa shape index (κ2) is 9.74. The molecule has 2 amide bonds. The lowest BCUT2D eigenvalue weighted by Crippen LogP contribution is -2.44. The van der Waals surface area contributed by atoms with Crippen LogP contribution in [0.5, 0.6) is 5.75 Å². The van der Waals surface area contributed by atoms with Crippen molar-refractivity contribution in [1.82, 2.24) is 10.9 Å². The summed E-state index contributed by atoms with van der Waals surface area (Å²) in [5.41, 5.74) is 6.96. The topological polar surface area (TPSA) is 67.4 Å². The van der Waals surface area contributed by atoms with Gasteiger partial charge in [-0.15, -0.1) is 11.8 Å². The van der Waals surface area contributed by atoms with Crippen molar-refractivity contribution in [1.29, 1.82) is 0 Å². The Balaban J connectivity index is 1.68. The van der Waals surface area contributed by atoms with E-state index in [1.807, 2.05) is 62.4 Å². The van der Waals surface area contributed by atoms with Crippen LogP contribution in [-0.4, -0.2) is 24.2 Å². The second-order valence-electron chi connectivity index (χ2n) is 5.45. The van der Waals surface area contributed by atoms with Gasteiger partial charge in [-0.1, -0.05) is 42.8 Å². The Morgan fingerprint density at radius 1 is 1.00 bits per heavy atom. The van der Waals surface area contributed by atoms with E-state index in [0.29, 0.717) is 5.75 Å².